The third-order valence-corrected chi connectivity index (χ3v) is 4.15. The molecule has 8 heteroatoms. The summed E-state index contributed by atoms with van der Waals surface area (Å²) in [4.78, 5) is 35.4. The lowest BCUT2D eigenvalue weighted by Gasteiger charge is -2.10. The molecule has 1 aromatic rings. The van der Waals surface area contributed by atoms with Crippen molar-refractivity contribution in [3.05, 3.63) is 28.8 Å². The van der Waals surface area contributed by atoms with Crippen molar-refractivity contribution >= 4 is 40.8 Å². The summed E-state index contributed by atoms with van der Waals surface area (Å²) in [5, 5.41) is 7.16. The molecule has 142 valence electrons. The van der Waals surface area contributed by atoms with Gasteiger partial charge in [0.15, 0.2) is 0 Å². The van der Waals surface area contributed by atoms with Crippen molar-refractivity contribution in [2.75, 3.05) is 11.9 Å². The Morgan fingerprint density at radius 1 is 1.23 bits per heavy atom. The van der Waals surface area contributed by atoms with Crippen LogP contribution in [0.1, 0.15) is 39.2 Å². The molecule has 0 unspecified atom stereocenters. The highest BCUT2D eigenvalue weighted by Gasteiger charge is 2.17. The lowest BCUT2D eigenvalue weighted by atomic mass is 10.1. The zero-order chi connectivity index (χ0) is 19.7. The normalized spacial score (nSPS) is 12.3. The van der Waals surface area contributed by atoms with E-state index in [-0.39, 0.29) is 25.4 Å². The van der Waals surface area contributed by atoms with Gasteiger partial charge < -0.3 is 10.1 Å². The summed E-state index contributed by atoms with van der Waals surface area (Å²) in [7, 11) is 0. The first kappa shape index (κ1) is 21.6. The maximum absolute atomic E-state index is 12.0. The van der Waals surface area contributed by atoms with E-state index in [1.54, 1.807) is 45.9 Å². The van der Waals surface area contributed by atoms with Crippen LogP contribution < -0.4 is 10.7 Å². The van der Waals surface area contributed by atoms with Gasteiger partial charge in [-0.2, -0.15) is 5.10 Å². The summed E-state index contributed by atoms with van der Waals surface area (Å²) in [5.74, 6) is -1.67. The molecule has 0 radical (unpaired) electrons. The van der Waals surface area contributed by atoms with Crippen molar-refractivity contribution in [1.82, 2.24) is 5.43 Å². The number of anilines is 1. The molecule has 0 bridgehead atoms. The molecule has 1 aromatic carbocycles. The number of hydrogen-bond donors (Lipinski definition) is 2. The second-order valence-electron chi connectivity index (χ2n) is 5.72. The van der Waals surface area contributed by atoms with Gasteiger partial charge in [0.2, 0.25) is 11.8 Å². The van der Waals surface area contributed by atoms with Crippen LogP contribution in [0, 0.1) is 12.8 Å². The summed E-state index contributed by atoms with van der Waals surface area (Å²) in [6.07, 6.45) is -0.0319. The SMILES string of the molecule is CCOC(=O)[C@@H](C)/C(C)=N/NC(=O)CCC(=O)Nc1cccc(Cl)c1C. The summed E-state index contributed by atoms with van der Waals surface area (Å²) >= 11 is 6.00. The minimum absolute atomic E-state index is 0.000214. The van der Waals surface area contributed by atoms with Crippen LogP contribution in [0.15, 0.2) is 23.3 Å². The van der Waals surface area contributed by atoms with Gasteiger partial charge in [-0.3, -0.25) is 14.4 Å². The molecule has 0 spiro atoms. The summed E-state index contributed by atoms with van der Waals surface area (Å²) in [6.45, 7) is 7.06. The maximum Gasteiger partial charge on any atom is 0.314 e. The van der Waals surface area contributed by atoms with E-state index in [9.17, 15) is 14.4 Å². The molecule has 1 atom stereocenters. The maximum atomic E-state index is 12.0. The number of nitrogens with zero attached hydrogens (tertiary/aromatic N) is 1. The number of nitrogens with one attached hydrogen (secondary N) is 2. The van der Waals surface area contributed by atoms with E-state index in [2.05, 4.69) is 15.8 Å². The Hall–Kier alpha value is -2.41. The predicted molar refractivity (Wildman–Crippen MR) is 101 cm³/mol. The lowest BCUT2D eigenvalue weighted by molar-refractivity contribution is -0.145. The molecule has 26 heavy (non-hydrogen) atoms. The molecule has 0 aromatic heterocycles. The highest BCUT2D eigenvalue weighted by Crippen LogP contribution is 2.23. The number of carbonyl (C=O) groups is 3. The van der Waals surface area contributed by atoms with Crippen LogP contribution in [0.3, 0.4) is 0 Å². The van der Waals surface area contributed by atoms with Gasteiger partial charge in [-0.05, 0) is 45.4 Å². The second kappa shape index (κ2) is 10.6. The van der Waals surface area contributed by atoms with Crippen molar-refractivity contribution in [2.24, 2.45) is 11.0 Å². The summed E-state index contributed by atoms with van der Waals surface area (Å²) in [6, 6.07) is 5.21. The van der Waals surface area contributed by atoms with Gasteiger partial charge in [0.1, 0.15) is 0 Å². The van der Waals surface area contributed by atoms with Crippen LogP contribution in [0.25, 0.3) is 0 Å². The molecule has 2 N–H and O–H groups in total. The number of rotatable bonds is 8. The van der Waals surface area contributed by atoms with Crippen LogP contribution in [0.2, 0.25) is 5.02 Å². The quantitative estimate of drug-likeness (QED) is 0.411. The Balaban J connectivity index is 2.46. The molecule has 0 heterocycles. The van der Waals surface area contributed by atoms with E-state index in [1.165, 1.54) is 0 Å². The first-order valence-electron chi connectivity index (χ1n) is 8.30. The van der Waals surface area contributed by atoms with Crippen LogP contribution in [-0.4, -0.2) is 30.1 Å². The minimum atomic E-state index is -0.552. The average Bonchev–Trinajstić information content (AvgIpc) is 2.61. The minimum Gasteiger partial charge on any atom is -0.465 e. The Labute approximate surface area is 158 Å². The Kier molecular flexibility index (Phi) is 8.78. The van der Waals surface area contributed by atoms with Gasteiger partial charge in [-0.15, -0.1) is 0 Å². The van der Waals surface area contributed by atoms with E-state index < -0.39 is 17.8 Å². The van der Waals surface area contributed by atoms with Gasteiger partial charge in [-0.25, -0.2) is 5.43 Å². The standard InChI is InChI=1S/C18H24ClN3O4/c1-5-26-18(25)11(2)13(4)21-22-17(24)10-9-16(23)20-15-8-6-7-14(19)12(15)3/h6-8,11H,5,9-10H2,1-4H3,(H,20,23)(H,22,24)/b21-13+/t11-/m0/s1. The van der Waals surface area contributed by atoms with E-state index in [4.69, 9.17) is 16.3 Å². The fourth-order valence-corrected chi connectivity index (χ4v) is 2.10. The number of carbonyl (C=O) groups excluding carboxylic acids is 3. The zero-order valence-electron chi connectivity index (χ0n) is 15.4. The molecule has 0 saturated carbocycles. The molecule has 0 aliphatic heterocycles. The number of ether oxygens (including phenoxy) is 1. The Bertz CT molecular complexity index is 704. The number of benzene rings is 1. The monoisotopic (exact) mass is 381 g/mol. The number of hydrazone groups is 1. The second-order valence-corrected chi connectivity index (χ2v) is 6.13. The molecular formula is C18H24ClN3O4. The van der Waals surface area contributed by atoms with Gasteiger partial charge in [0.25, 0.3) is 0 Å². The van der Waals surface area contributed by atoms with Crippen LogP contribution in [0.4, 0.5) is 5.69 Å². The van der Waals surface area contributed by atoms with Crippen molar-refractivity contribution in [3.63, 3.8) is 0 Å². The van der Waals surface area contributed by atoms with E-state index >= 15 is 0 Å². The third-order valence-electron chi connectivity index (χ3n) is 3.74. The first-order valence-corrected chi connectivity index (χ1v) is 8.68. The average molecular weight is 382 g/mol. The smallest absolute Gasteiger partial charge is 0.314 e. The van der Waals surface area contributed by atoms with E-state index in [0.717, 1.165) is 5.56 Å². The topological polar surface area (TPSA) is 96.9 Å². The summed E-state index contributed by atoms with van der Waals surface area (Å²) in [5.41, 5.74) is 4.14. The van der Waals surface area contributed by atoms with E-state index in [0.29, 0.717) is 16.4 Å². The van der Waals surface area contributed by atoms with Gasteiger partial charge >= 0.3 is 5.97 Å². The fourth-order valence-electron chi connectivity index (χ4n) is 1.92. The Morgan fingerprint density at radius 2 is 1.88 bits per heavy atom. The molecule has 0 aliphatic rings. The molecule has 0 aliphatic carbocycles. The number of hydrogen-bond acceptors (Lipinski definition) is 5. The third kappa shape index (κ3) is 6.84. The number of esters is 1. The largest absolute Gasteiger partial charge is 0.465 e. The molecule has 0 fully saturated rings. The van der Waals surface area contributed by atoms with Crippen molar-refractivity contribution in [2.45, 2.75) is 40.5 Å². The van der Waals surface area contributed by atoms with Gasteiger partial charge in [0, 0.05) is 29.3 Å². The molecule has 7 nitrogen and oxygen atoms in total. The number of amides is 2. The molecule has 2 amide bonds. The molecule has 0 saturated heterocycles. The van der Waals surface area contributed by atoms with Crippen molar-refractivity contribution in [3.8, 4) is 0 Å². The summed E-state index contributed by atoms with van der Waals surface area (Å²) < 4.78 is 4.89. The highest BCUT2D eigenvalue weighted by atomic mass is 35.5. The molecule has 1 rings (SSSR count). The lowest BCUT2D eigenvalue weighted by Crippen LogP contribution is -2.26. The van der Waals surface area contributed by atoms with Crippen LogP contribution in [-0.2, 0) is 19.1 Å². The van der Waals surface area contributed by atoms with Crippen molar-refractivity contribution < 1.29 is 19.1 Å². The van der Waals surface area contributed by atoms with Crippen molar-refractivity contribution in [1.29, 1.82) is 0 Å². The van der Waals surface area contributed by atoms with Gasteiger partial charge in [-0.1, -0.05) is 17.7 Å². The van der Waals surface area contributed by atoms with Crippen LogP contribution >= 0.6 is 11.6 Å². The van der Waals surface area contributed by atoms with E-state index in [1.807, 2.05) is 0 Å². The zero-order valence-corrected chi connectivity index (χ0v) is 16.1. The fraction of sp³-hybridized carbons (Fsp3) is 0.444. The first-order chi connectivity index (χ1) is 12.3. The highest BCUT2D eigenvalue weighted by molar-refractivity contribution is 6.31. The predicted octanol–water partition coefficient (Wildman–Crippen LogP) is 3.06. The molecular weight excluding hydrogens is 358 g/mol. The van der Waals surface area contributed by atoms with Gasteiger partial charge in [0.05, 0.1) is 12.5 Å². The Morgan fingerprint density at radius 3 is 2.54 bits per heavy atom. The number of halogens is 1. The van der Waals surface area contributed by atoms with Crippen LogP contribution in [0.5, 0.6) is 0 Å².